The van der Waals surface area contributed by atoms with Crippen LogP contribution >= 0.6 is 0 Å². The van der Waals surface area contributed by atoms with Crippen LogP contribution in [0.1, 0.15) is 18.1 Å². The van der Waals surface area contributed by atoms with E-state index < -0.39 is 12.0 Å². The van der Waals surface area contributed by atoms with Gasteiger partial charge in [-0.1, -0.05) is 12.1 Å². The Morgan fingerprint density at radius 3 is 2.50 bits per heavy atom. The summed E-state index contributed by atoms with van der Waals surface area (Å²) in [6.07, 6.45) is 3.64. The average molecular weight is 355 g/mol. The zero-order valence-corrected chi connectivity index (χ0v) is 14.7. The highest BCUT2D eigenvalue weighted by Crippen LogP contribution is 2.11. The number of rotatable bonds is 7. The molecule has 0 fully saturated rings. The largest absolute Gasteiger partial charge is 0.467 e. The van der Waals surface area contributed by atoms with Crippen LogP contribution in [0.4, 0.5) is 5.69 Å². The smallest absolute Gasteiger partial charge is 0.328 e. The van der Waals surface area contributed by atoms with Crippen LogP contribution in [-0.2, 0) is 32.0 Å². The molecule has 0 saturated heterocycles. The first kappa shape index (κ1) is 19.1. The molecule has 136 valence electrons. The number of nitrogens with one attached hydrogen (secondary N) is 2. The molecule has 0 aliphatic heterocycles. The predicted octanol–water partition coefficient (Wildman–Crippen LogP) is 1.48. The summed E-state index contributed by atoms with van der Waals surface area (Å²) in [6, 6.07) is 9.76. The van der Waals surface area contributed by atoms with Crippen LogP contribution in [-0.4, -0.2) is 35.9 Å². The molecule has 1 atom stereocenters. The first-order chi connectivity index (χ1) is 12.5. The lowest BCUT2D eigenvalue weighted by molar-refractivity contribution is -0.145. The molecule has 0 bridgehead atoms. The number of hydrogen-bond donors (Lipinski definition) is 2. The number of methoxy groups -OCH3 is 1. The minimum atomic E-state index is -0.784. The van der Waals surface area contributed by atoms with Crippen LogP contribution in [0.2, 0.25) is 0 Å². The Labute approximate surface area is 151 Å². The Morgan fingerprint density at radius 1 is 1.12 bits per heavy atom. The number of benzene rings is 1. The molecule has 7 nitrogen and oxygen atoms in total. The summed E-state index contributed by atoms with van der Waals surface area (Å²) in [6.45, 7) is 1.42. The second kappa shape index (κ2) is 9.31. The highest BCUT2D eigenvalue weighted by atomic mass is 16.5. The molecule has 2 amide bonds. The van der Waals surface area contributed by atoms with E-state index in [1.54, 1.807) is 48.8 Å². The standard InChI is InChI=1S/C19H21N3O4/c1-13(23)21-16-5-3-4-15(10-16)12-18(24)22-17(19(25)26-2)11-14-6-8-20-9-7-14/h3-10,17H,11-12H2,1-2H3,(H,21,23)(H,22,24). The summed E-state index contributed by atoms with van der Waals surface area (Å²) in [5.74, 6) is -1.01. The topological polar surface area (TPSA) is 97.4 Å². The summed E-state index contributed by atoms with van der Waals surface area (Å²) in [5.41, 5.74) is 2.20. The molecule has 0 aliphatic carbocycles. The molecular weight excluding hydrogens is 334 g/mol. The van der Waals surface area contributed by atoms with Gasteiger partial charge >= 0.3 is 5.97 Å². The monoisotopic (exact) mass is 355 g/mol. The number of carbonyl (C=O) groups excluding carboxylic acids is 3. The Bertz CT molecular complexity index is 777. The van der Waals surface area contributed by atoms with Gasteiger partial charge in [-0.05, 0) is 35.4 Å². The molecule has 2 rings (SSSR count). The Kier molecular flexibility index (Phi) is 6.84. The first-order valence-corrected chi connectivity index (χ1v) is 8.10. The summed E-state index contributed by atoms with van der Waals surface area (Å²) in [5, 5.41) is 5.37. The van der Waals surface area contributed by atoms with E-state index in [2.05, 4.69) is 15.6 Å². The number of hydrogen-bond acceptors (Lipinski definition) is 5. The maximum atomic E-state index is 12.3. The molecule has 1 heterocycles. The van der Waals surface area contributed by atoms with Crippen LogP contribution in [0.25, 0.3) is 0 Å². The molecule has 0 aliphatic rings. The lowest BCUT2D eigenvalue weighted by Gasteiger charge is -2.16. The number of ether oxygens (including phenoxy) is 1. The number of nitrogens with zero attached hydrogens (tertiary/aromatic N) is 1. The van der Waals surface area contributed by atoms with Crippen molar-refractivity contribution >= 4 is 23.5 Å². The van der Waals surface area contributed by atoms with Crippen LogP contribution < -0.4 is 10.6 Å². The maximum Gasteiger partial charge on any atom is 0.328 e. The second-order valence-corrected chi connectivity index (χ2v) is 5.76. The molecule has 1 unspecified atom stereocenters. The fraction of sp³-hybridized carbons (Fsp3) is 0.263. The zero-order valence-electron chi connectivity index (χ0n) is 14.7. The molecule has 1 aromatic carbocycles. The van der Waals surface area contributed by atoms with E-state index in [1.807, 2.05) is 0 Å². The highest BCUT2D eigenvalue weighted by molar-refractivity contribution is 5.89. The lowest BCUT2D eigenvalue weighted by Crippen LogP contribution is -2.43. The van der Waals surface area contributed by atoms with Crippen molar-refractivity contribution in [2.45, 2.75) is 25.8 Å². The number of anilines is 1. The summed E-state index contributed by atoms with van der Waals surface area (Å²) < 4.78 is 4.78. The third-order valence-electron chi connectivity index (χ3n) is 3.62. The molecule has 2 N–H and O–H groups in total. The SMILES string of the molecule is COC(=O)C(Cc1ccncc1)NC(=O)Cc1cccc(NC(C)=O)c1. The van der Waals surface area contributed by atoms with Gasteiger partial charge in [-0.3, -0.25) is 14.6 Å². The summed E-state index contributed by atoms with van der Waals surface area (Å²) in [7, 11) is 1.28. The van der Waals surface area contributed by atoms with Crippen molar-refractivity contribution in [1.29, 1.82) is 0 Å². The van der Waals surface area contributed by atoms with Gasteiger partial charge < -0.3 is 15.4 Å². The van der Waals surface area contributed by atoms with Crippen molar-refractivity contribution in [1.82, 2.24) is 10.3 Å². The van der Waals surface area contributed by atoms with Crippen molar-refractivity contribution in [3.8, 4) is 0 Å². The molecule has 7 heteroatoms. The van der Waals surface area contributed by atoms with E-state index in [0.717, 1.165) is 11.1 Å². The zero-order chi connectivity index (χ0) is 18.9. The van der Waals surface area contributed by atoms with E-state index in [1.165, 1.54) is 14.0 Å². The Morgan fingerprint density at radius 2 is 1.85 bits per heavy atom. The summed E-state index contributed by atoms with van der Waals surface area (Å²) in [4.78, 5) is 39.4. The number of pyridine rings is 1. The fourth-order valence-electron chi connectivity index (χ4n) is 2.48. The van der Waals surface area contributed by atoms with Crippen LogP contribution in [0, 0.1) is 0 Å². The Hall–Kier alpha value is -3.22. The van der Waals surface area contributed by atoms with E-state index in [-0.39, 0.29) is 18.2 Å². The van der Waals surface area contributed by atoms with E-state index in [9.17, 15) is 14.4 Å². The third kappa shape index (κ3) is 6.01. The van der Waals surface area contributed by atoms with E-state index >= 15 is 0 Å². The van der Waals surface area contributed by atoms with Gasteiger partial charge in [0, 0.05) is 31.4 Å². The summed E-state index contributed by atoms with van der Waals surface area (Å²) >= 11 is 0. The number of carbonyl (C=O) groups is 3. The van der Waals surface area contributed by atoms with Gasteiger partial charge in [0.15, 0.2) is 0 Å². The van der Waals surface area contributed by atoms with Crippen LogP contribution in [0.3, 0.4) is 0 Å². The van der Waals surface area contributed by atoms with E-state index in [4.69, 9.17) is 4.74 Å². The van der Waals surface area contributed by atoms with Crippen molar-refractivity contribution in [3.63, 3.8) is 0 Å². The van der Waals surface area contributed by atoms with Crippen LogP contribution in [0.5, 0.6) is 0 Å². The fourth-order valence-corrected chi connectivity index (χ4v) is 2.48. The second-order valence-electron chi connectivity index (χ2n) is 5.76. The van der Waals surface area contributed by atoms with E-state index in [0.29, 0.717) is 12.1 Å². The minimum absolute atomic E-state index is 0.0806. The minimum Gasteiger partial charge on any atom is -0.467 e. The Balaban J connectivity index is 2.02. The highest BCUT2D eigenvalue weighted by Gasteiger charge is 2.22. The lowest BCUT2D eigenvalue weighted by atomic mass is 10.1. The molecule has 2 aromatic rings. The van der Waals surface area contributed by atoms with Crippen molar-refractivity contribution < 1.29 is 19.1 Å². The molecule has 1 aromatic heterocycles. The molecule has 0 spiro atoms. The predicted molar refractivity (Wildman–Crippen MR) is 96.3 cm³/mol. The molecular formula is C19H21N3O4. The number of esters is 1. The molecule has 0 saturated carbocycles. The number of aromatic nitrogens is 1. The van der Waals surface area contributed by atoms with Gasteiger partial charge in [0.25, 0.3) is 0 Å². The maximum absolute atomic E-state index is 12.3. The molecule has 26 heavy (non-hydrogen) atoms. The quantitative estimate of drug-likeness (QED) is 0.733. The third-order valence-corrected chi connectivity index (χ3v) is 3.62. The van der Waals surface area contributed by atoms with Gasteiger partial charge in [-0.25, -0.2) is 4.79 Å². The van der Waals surface area contributed by atoms with Gasteiger partial charge in [0.05, 0.1) is 13.5 Å². The van der Waals surface area contributed by atoms with Crippen LogP contribution in [0.15, 0.2) is 48.8 Å². The van der Waals surface area contributed by atoms with Gasteiger partial charge in [0.2, 0.25) is 11.8 Å². The van der Waals surface area contributed by atoms with Gasteiger partial charge in [-0.15, -0.1) is 0 Å². The molecule has 0 radical (unpaired) electrons. The normalized spacial score (nSPS) is 11.3. The van der Waals surface area contributed by atoms with Crippen molar-refractivity contribution in [3.05, 3.63) is 59.9 Å². The van der Waals surface area contributed by atoms with Crippen molar-refractivity contribution in [2.75, 3.05) is 12.4 Å². The number of amides is 2. The first-order valence-electron chi connectivity index (χ1n) is 8.10. The van der Waals surface area contributed by atoms with Gasteiger partial charge in [0.1, 0.15) is 6.04 Å². The average Bonchev–Trinajstić information content (AvgIpc) is 2.61. The van der Waals surface area contributed by atoms with Crippen molar-refractivity contribution in [2.24, 2.45) is 0 Å². The van der Waals surface area contributed by atoms with Gasteiger partial charge in [-0.2, -0.15) is 0 Å².